The average Bonchev–Trinajstić information content (AvgIpc) is 2.87. The zero-order valence-corrected chi connectivity index (χ0v) is 16.2. The first-order valence-corrected chi connectivity index (χ1v) is 10.5. The van der Waals surface area contributed by atoms with Crippen molar-refractivity contribution in [1.82, 2.24) is 15.1 Å². The SMILES string of the molecule is O=C1NC2(CCN(CC(=O)N3CCCCCC3)CC2)C[C@@H]1c1ccccc1. The molecule has 5 nitrogen and oxygen atoms in total. The molecule has 4 rings (SSSR count). The van der Waals surface area contributed by atoms with Crippen molar-refractivity contribution in [1.29, 1.82) is 0 Å². The van der Waals surface area contributed by atoms with Gasteiger partial charge in [-0.05, 0) is 37.7 Å². The van der Waals surface area contributed by atoms with Crippen molar-refractivity contribution in [2.75, 3.05) is 32.7 Å². The van der Waals surface area contributed by atoms with Crippen LogP contribution in [0.15, 0.2) is 30.3 Å². The highest BCUT2D eigenvalue weighted by atomic mass is 16.2. The van der Waals surface area contributed by atoms with Crippen LogP contribution in [0.4, 0.5) is 0 Å². The van der Waals surface area contributed by atoms with Gasteiger partial charge in [-0.2, -0.15) is 0 Å². The summed E-state index contributed by atoms with van der Waals surface area (Å²) >= 11 is 0. The molecule has 2 amide bonds. The van der Waals surface area contributed by atoms with E-state index in [1.165, 1.54) is 12.8 Å². The van der Waals surface area contributed by atoms with Gasteiger partial charge in [0.1, 0.15) is 0 Å². The van der Waals surface area contributed by atoms with Crippen molar-refractivity contribution in [3.8, 4) is 0 Å². The zero-order chi connectivity index (χ0) is 18.7. The second-order valence-corrected chi connectivity index (χ2v) is 8.51. The van der Waals surface area contributed by atoms with Gasteiger partial charge in [-0.1, -0.05) is 43.2 Å². The van der Waals surface area contributed by atoms with Crippen molar-refractivity contribution >= 4 is 11.8 Å². The molecule has 3 aliphatic rings. The van der Waals surface area contributed by atoms with Gasteiger partial charge in [-0.15, -0.1) is 0 Å². The summed E-state index contributed by atoms with van der Waals surface area (Å²) in [4.78, 5) is 29.5. The van der Waals surface area contributed by atoms with E-state index in [2.05, 4.69) is 27.2 Å². The fraction of sp³-hybridized carbons (Fsp3) is 0.636. The maximum absolute atomic E-state index is 12.6. The summed E-state index contributed by atoms with van der Waals surface area (Å²) in [5.41, 5.74) is 1.03. The summed E-state index contributed by atoms with van der Waals surface area (Å²) < 4.78 is 0. The maximum atomic E-state index is 12.6. The summed E-state index contributed by atoms with van der Waals surface area (Å²) in [7, 11) is 0. The summed E-state index contributed by atoms with van der Waals surface area (Å²) in [6.45, 7) is 4.16. The van der Waals surface area contributed by atoms with Gasteiger partial charge in [0.05, 0.1) is 12.5 Å². The van der Waals surface area contributed by atoms with Crippen LogP contribution in [-0.4, -0.2) is 59.9 Å². The molecule has 3 fully saturated rings. The molecule has 0 bridgehead atoms. The lowest BCUT2D eigenvalue weighted by atomic mass is 9.82. The van der Waals surface area contributed by atoms with Crippen molar-refractivity contribution in [3.63, 3.8) is 0 Å². The molecule has 0 radical (unpaired) electrons. The van der Waals surface area contributed by atoms with E-state index in [1.54, 1.807) is 0 Å². The van der Waals surface area contributed by atoms with Crippen molar-refractivity contribution in [3.05, 3.63) is 35.9 Å². The van der Waals surface area contributed by atoms with Gasteiger partial charge in [-0.25, -0.2) is 0 Å². The molecule has 1 N–H and O–H groups in total. The third kappa shape index (κ3) is 4.18. The van der Waals surface area contributed by atoms with E-state index < -0.39 is 0 Å². The number of likely N-dealkylation sites (tertiary alicyclic amines) is 2. The maximum Gasteiger partial charge on any atom is 0.236 e. The number of nitrogens with one attached hydrogen (secondary N) is 1. The molecule has 1 spiro atoms. The second-order valence-electron chi connectivity index (χ2n) is 8.51. The fourth-order valence-corrected chi connectivity index (χ4v) is 4.92. The lowest BCUT2D eigenvalue weighted by molar-refractivity contribution is -0.133. The van der Waals surface area contributed by atoms with Crippen LogP contribution in [0.5, 0.6) is 0 Å². The number of carbonyl (C=O) groups excluding carboxylic acids is 2. The van der Waals surface area contributed by atoms with Gasteiger partial charge in [-0.3, -0.25) is 14.5 Å². The van der Waals surface area contributed by atoms with Crippen molar-refractivity contribution < 1.29 is 9.59 Å². The van der Waals surface area contributed by atoms with Gasteiger partial charge in [0.15, 0.2) is 0 Å². The van der Waals surface area contributed by atoms with Crippen LogP contribution >= 0.6 is 0 Å². The van der Waals surface area contributed by atoms with Gasteiger partial charge in [0, 0.05) is 31.7 Å². The van der Waals surface area contributed by atoms with Gasteiger partial charge < -0.3 is 10.2 Å². The number of hydrogen-bond acceptors (Lipinski definition) is 3. The number of amides is 2. The first-order valence-electron chi connectivity index (χ1n) is 10.5. The van der Waals surface area contributed by atoms with Crippen molar-refractivity contribution in [2.24, 2.45) is 0 Å². The van der Waals surface area contributed by atoms with E-state index in [0.29, 0.717) is 6.54 Å². The normalized spacial score (nSPS) is 26.0. The van der Waals surface area contributed by atoms with Crippen LogP contribution in [0.25, 0.3) is 0 Å². The molecule has 3 heterocycles. The molecule has 0 aliphatic carbocycles. The summed E-state index contributed by atoms with van der Waals surface area (Å²) in [6.07, 6.45) is 7.54. The molecular formula is C22H31N3O2. The highest BCUT2D eigenvalue weighted by Gasteiger charge is 2.46. The molecule has 146 valence electrons. The highest BCUT2D eigenvalue weighted by molar-refractivity contribution is 5.87. The third-order valence-corrected chi connectivity index (χ3v) is 6.63. The fourth-order valence-electron chi connectivity index (χ4n) is 4.92. The Balaban J connectivity index is 1.31. The van der Waals surface area contributed by atoms with E-state index in [9.17, 15) is 9.59 Å². The van der Waals surface area contributed by atoms with E-state index in [1.807, 2.05) is 18.2 Å². The molecule has 0 unspecified atom stereocenters. The standard InChI is InChI=1S/C22H31N3O2/c26-20(25-12-6-1-2-7-13-25)17-24-14-10-22(11-15-24)16-19(21(27)23-22)18-8-4-3-5-9-18/h3-5,8-9,19H,1-2,6-7,10-17H2,(H,23,27)/t19-/m1/s1. The Kier molecular flexibility index (Phi) is 5.48. The minimum absolute atomic E-state index is 0.0310. The predicted octanol–water partition coefficient (Wildman–Crippen LogP) is 2.53. The second kappa shape index (κ2) is 8.01. The first kappa shape index (κ1) is 18.5. The molecular weight excluding hydrogens is 338 g/mol. The Morgan fingerprint density at radius 2 is 1.67 bits per heavy atom. The first-order chi connectivity index (χ1) is 13.2. The number of hydrogen-bond donors (Lipinski definition) is 1. The molecule has 0 saturated carbocycles. The summed E-state index contributed by atoms with van der Waals surface area (Å²) in [5.74, 6) is 0.414. The molecule has 3 saturated heterocycles. The number of carbonyl (C=O) groups is 2. The van der Waals surface area contributed by atoms with E-state index in [4.69, 9.17) is 0 Å². The minimum atomic E-state index is -0.0836. The number of benzene rings is 1. The van der Waals surface area contributed by atoms with Crippen molar-refractivity contribution in [2.45, 2.75) is 56.4 Å². The molecule has 1 atom stereocenters. The summed E-state index contributed by atoms with van der Waals surface area (Å²) in [5, 5.41) is 3.30. The van der Waals surface area contributed by atoms with Crippen LogP contribution in [-0.2, 0) is 9.59 Å². The Bertz CT molecular complexity index is 659. The lowest BCUT2D eigenvalue weighted by Crippen LogP contribution is -2.52. The van der Waals surface area contributed by atoms with Crippen LogP contribution < -0.4 is 5.32 Å². The van der Waals surface area contributed by atoms with Crippen LogP contribution in [0.3, 0.4) is 0 Å². The number of piperidine rings is 1. The minimum Gasteiger partial charge on any atom is -0.350 e. The third-order valence-electron chi connectivity index (χ3n) is 6.63. The van der Waals surface area contributed by atoms with E-state index >= 15 is 0 Å². The highest BCUT2D eigenvalue weighted by Crippen LogP contribution is 2.39. The molecule has 27 heavy (non-hydrogen) atoms. The molecule has 3 aliphatic heterocycles. The lowest BCUT2D eigenvalue weighted by Gasteiger charge is -2.39. The Morgan fingerprint density at radius 1 is 1.00 bits per heavy atom. The predicted molar refractivity (Wildman–Crippen MR) is 105 cm³/mol. The largest absolute Gasteiger partial charge is 0.350 e. The average molecular weight is 370 g/mol. The quantitative estimate of drug-likeness (QED) is 0.891. The Labute approximate surface area is 162 Å². The Morgan fingerprint density at radius 3 is 2.33 bits per heavy atom. The topological polar surface area (TPSA) is 52.7 Å². The smallest absolute Gasteiger partial charge is 0.236 e. The molecule has 5 heteroatoms. The monoisotopic (exact) mass is 369 g/mol. The van der Waals surface area contributed by atoms with Gasteiger partial charge in [0.25, 0.3) is 0 Å². The molecule has 1 aromatic rings. The van der Waals surface area contributed by atoms with Gasteiger partial charge in [0.2, 0.25) is 11.8 Å². The van der Waals surface area contributed by atoms with Crippen LogP contribution in [0.1, 0.15) is 56.4 Å². The molecule has 1 aromatic carbocycles. The molecule has 0 aromatic heterocycles. The van der Waals surface area contributed by atoms with Crippen LogP contribution in [0.2, 0.25) is 0 Å². The summed E-state index contributed by atoms with van der Waals surface area (Å²) in [6, 6.07) is 10.1. The van der Waals surface area contributed by atoms with Crippen LogP contribution in [0, 0.1) is 0 Å². The van der Waals surface area contributed by atoms with E-state index in [-0.39, 0.29) is 23.3 Å². The number of nitrogens with zero attached hydrogens (tertiary/aromatic N) is 2. The van der Waals surface area contributed by atoms with E-state index in [0.717, 1.165) is 63.8 Å². The Hall–Kier alpha value is -1.88. The van der Waals surface area contributed by atoms with Gasteiger partial charge >= 0.3 is 0 Å². The zero-order valence-electron chi connectivity index (χ0n) is 16.2. The number of rotatable bonds is 3.